The highest BCUT2D eigenvalue weighted by Crippen LogP contribution is 2.47. The molecule has 9 aromatic heterocycles. The quantitative estimate of drug-likeness (QED) is 0.0959. The van der Waals surface area contributed by atoms with Crippen LogP contribution in [0.4, 0.5) is 0 Å². The number of hydrogen-bond acceptors (Lipinski definition) is 16. The molecule has 16 heteroatoms. The molecule has 0 aliphatic heterocycles. The van der Waals surface area contributed by atoms with Crippen LogP contribution in [0.3, 0.4) is 0 Å². The number of hydrogen-bond donors (Lipinski definition) is 0. The van der Waals surface area contributed by atoms with Crippen molar-refractivity contribution in [3.8, 4) is 167 Å². The Morgan fingerprint density at radius 1 is 0.157 bits per heavy atom. The minimum atomic E-state index is 0. The molecule has 0 bridgehead atoms. The predicted octanol–water partition coefficient (Wildman–Crippen LogP) is 35.1. The molecule has 0 saturated carbocycles. The molecule has 18 aromatic carbocycles. The van der Waals surface area contributed by atoms with Crippen LogP contribution in [0.25, 0.3) is 262 Å². The zero-order chi connectivity index (χ0) is 91.4. The largest absolute Gasteiger partial charge is 0.456 e. The van der Waals surface area contributed by atoms with E-state index in [0.717, 1.165) is 193 Å². The molecular formula is C124H82N10O2S4. The Bertz CT molecular complexity index is 9130. The standard InChI is InChI=1S/C47H29N3OS.C41H25N3OS.C34H20N4S2.2CH4/c1-3-11-30(12-4-1)32-21-23-33(24-22-32)40-29-41(49-46(48-40)35-16-9-15-34(27-35)31-13-5-2-6-14-31)37-17-10-19-43-45(37)38-28-36(25-26-42(38)51-43)47-50-39-18-7-8-20-44(39)52-47;1-3-11-26(12-4-1)28-15-9-16-29(23-28)34-25-35(43-40(42-34)27-13-5-2-6-14-27)31-17-10-19-37-39(31)32-24-30(21-22-36(32)45-37)41-44-33-18-7-8-20-38(33)46-41;1-3-10-21(11-4-1)31-36-32(22-12-5-2-6-13-22)38-33(37-31)24-14-9-17-29-30(24)25-20-23(18-19-27(25)39-29)34-35-26-15-7-8-16-28(26)40-34;;/h1-29H;1-25H;1-20H;2*1H4. The molecule has 9 heterocycles. The first kappa shape index (κ1) is 86.7. The second kappa shape index (κ2) is 37.7. The van der Waals surface area contributed by atoms with Gasteiger partial charge in [-0.1, -0.05) is 336 Å². The first-order valence-corrected chi connectivity index (χ1v) is 48.7. The van der Waals surface area contributed by atoms with Crippen molar-refractivity contribution in [2.75, 3.05) is 0 Å². The van der Waals surface area contributed by atoms with Gasteiger partial charge in [-0.05, 0) is 161 Å². The summed E-state index contributed by atoms with van der Waals surface area (Å²) in [4.78, 5) is 50.4. The predicted molar refractivity (Wildman–Crippen MR) is 586 cm³/mol. The molecule has 0 spiro atoms. The van der Waals surface area contributed by atoms with Gasteiger partial charge < -0.3 is 8.83 Å². The molecule has 27 rings (SSSR count). The van der Waals surface area contributed by atoms with Crippen LogP contribution in [0.1, 0.15) is 14.9 Å². The topological polar surface area (TPSA) is 155 Å². The Hall–Kier alpha value is -17.4. The first-order valence-electron chi connectivity index (χ1n) is 45.4. The van der Waals surface area contributed by atoms with Crippen molar-refractivity contribution < 1.29 is 8.83 Å². The van der Waals surface area contributed by atoms with Crippen LogP contribution in [0.15, 0.2) is 458 Å². The van der Waals surface area contributed by atoms with E-state index in [1.165, 1.54) is 40.0 Å². The van der Waals surface area contributed by atoms with E-state index in [1.807, 2.05) is 140 Å². The van der Waals surface area contributed by atoms with Gasteiger partial charge in [-0.3, -0.25) is 0 Å². The fourth-order valence-electron chi connectivity index (χ4n) is 18.1. The molecule has 0 atom stereocenters. The number of para-hydroxylation sites is 3. The van der Waals surface area contributed by atoms with E-state index < -0.39 is 0 Å². The third-order valence-electron chi connectivity index (χ3n) is 24.9. The molecule has 0 amide bonds. The summed E-state index contributed by atoms with van der Waals surface area (Å²) < 4.78 is 18.8. The van der Waals surface area contributed by atoms with Gasteiger partial charge in [0.05, 0.1) is 53.4 Å². The summed E-state index contributed by atoms with van der Waals surface area (Å²) in [6, 6.07) is 155. The lowest BCUT2D eigenvalue weighted by Crippen LogP contribution is -2.00. The molecule has 0 N–H and O–H groups in total. The normalized spacial score (nSPS) is 11.3. The van der Waals surface area contributed by atoms with Crippen molar-refractivity contribution >= 4 is 140 Å². The summed E-state index contributed by atoms with van der Waals surface area (Å²) in [7, 11) is 0. The number of thiazole rings is 3. The highest BCUT2D eigenvalue weighted by atomic mass is 32.1. The first-order chi connectivity index (χ1) is 68.3. The van der Waals surface area contributed by atoms with Gasteiger partial charge in [-0.25, -0.2) is 49.8 Å². The maximum absolute atomic E-state index is 6.45. The number of benzene rings is 18. The second-order valence-electron chi connectivity index (χ2n) is 33.6. The van der Waals surface area contributed by atoms with E-state index in [1.54, 1.807) is 45.3 Å². The Labute approximate surface area is 823 Å². The Kier molecular flexibility index (Phi) is 23.4. The minimum absolute atomic E-state index is 0. The third kappa shape index (κ3) is 17.0. The van der Waals surface area contributed by atoms with Gasteiger partial charge in [-0.2, -0.15) is 0 Å². The number of aromatic nitrogens is 10. The average molecular weight is 1870 g/mol. The molecule has 664 valence electrons. The fourth-order valence-corrected chi connectivity index (χ4v) is 22.1. The van der Waals surface area contributed by atoms with E-state index in [2.05, 4.69) is 309 Å². The van der Waals surface area contributed by atoms with Crippen molar-refractivity contribution in [3.63, 3.8) is 0 Å². The van der Waals surface area contributed by atoms with Gasteiger partial charge >= 0.3 is 0 Å². The van der Waals surface area contributed by atoms with Crippen molar-refractivity contribution in [2.24, 2.45) is 0 Å². The van der Waals surface area contributed by atoms with Crippen molar-refractivity contribution in [1.29, 1.82) is 0 Å². The summed E-state index contributed by atoms with van der Waals surface area (Å²) in [5, 5.41) is 9.47. The minimum Gasteiger partial charge on any atom is -0.456 e. The molecule has 12 nitrogen and oxygen atoms in total. The Balaban J connectivity index is 0.000000117. The molecule has 0 fully saturated rings. The summed E-state index contributed by atoms with van der Waals surface area (Å²) in [6.07, 6.45) is 0. The summed E-state index contributed by atoms with van der Waals surface area (Å²) in [6.45, 7) is 0. The molecular weight excluding hydrogens is 1790 g/mol. The maximum atomic E-state index is 6.45. The van der Waals surface area contributed by atoms with Crippen LogP contribution in [0, 0.1) is 0 Å². The van der Waals surface area contributed by atoms with E-state index in [4.69, 9.17) is 58.7 Å². The van der Waals surface area contributed by atoms with Crippen LogP contribution >= 0.6 is 45.3 Å². The number of furan rings is 2. The van der Waals surface area contributed by atoms with E-state index in [-0.39, 0.29) is 14.9 Å². The van der Waals surface area contributed by atoms with Crippen LogP contribution in [0.5, 0.6) is 0 Å². The summed E-state index contributed by atoms with van der Waals surface area (Å²) >= 11 is 6.93. The summed E-state index contributed by atoms with van der Waals surface area (Å²) in [5.74, 6) is 3.34. The lowest BCUT2D eigenvalue weighted by molar-refractivity contribution is 0.668. The van der Waals surface area contributed by atoms with Crippen molar-refractivity contribution in [3.05, 3.63) is 449 Å². The lowest BCUT2D eigenvalue weighted by atomic mass is 9.99. The van der Waals surface area contributed by atoms with Gasteiger partial charge in [0.2, 0.25) is 0 Å². The Morgan fingerprint density at radius 2 is 0.471 bits per heavy atom. The number of thiophene rings is 1. The molecule has 0 radical (unpaired) electrons. The van der Waals surface area contributed by atoms with Crippen LogP contribution in [0.2, 0.25) is 0 Å². The van der Waals surface area contributed by atoms with E-state index >= 15 is 0 Å². The van der Waals surface area contributed by atoms with Gasteiger partial charge in [0.15, 0.2) is 29.1 Å². The second-order valence-corrected chi connectivity index (χ2v) is 37.8. The molecule has 0 aliphatic rings. The maximum Gasteiger partial charge on any atom is 0.164 e. The third-order valence-corrected chi connectivity index (χ3v) is 29.3. The highest BCUT2D eigenvalue weighted by Gasteiger charge is 2.25. The van der Waals surface area contributed by atoms with E-state index in [9.17, 15) is 0 Å². The average Bonchev–Trinajstić information content (AvgIpc) is 1.58. The van der Waals surface area contributed by atoms with Gasteiger partial charge in [0.25, 0.3) is 0 Å². The smallest absolute Gasteiger partial charge is 0.164 e. The molecule has 140 heavy (non-hydrogen) atoms. The highest BCUT2D eigenvalue weighted by molar-refractivity contribution is 7.26. The number of fused-ring (bicyclic) bond motifs is 12. The van der Waals surface area contributed by atoms with Gasteiger partial charge in [0, 0.05) is 108 Å². The fraction of sp³-hybridized carbons (Fsp3) is 0.0161. The summed E-state index contributed by atoms with van der Waals surface area (Å²) in [5.41, 5.74) is 28.8. The monoisotopic (exact) mass is 1870 g/mol. The van der Waals surface area contributed by atoms with Gasteiger partial charge in [0.1, 0.15) is 37.4 Å². The van der Waals surface area contributed by atoms with Gasteiger partial charge in [-0.15, -0.1) is 45.3 Å². The SMILES string of the molecule is C.C.c1ccc(-c2ccc(-c3cc(-c4cccc5oc6ccc(-c7nc8ccccc8s7)cc6c45)nc(-c4cccc(-c5ccccc5)c4)n3)cc2)cc1.c1ccc(-c2cccc(-c3cc(-c4cccc5oc6ccc(-c7nc8ccccc8s7)cc6c45)nc(-c4ccccc4)n3)c2)cc1.c1ccc(-c2nc(-c3ccccc3)nc(-c3cccc4sc5ccc(-c6nc7ccccc7s6)cc5c34)n2)cc1. The molecule has 0 saturated heterocycles. The van der Waals surface area contributed by atoms with Crippen molar-refractivity contribution in [2.45, 2.75) is 14.9 Å². The lowest BCUT2D eigenvalue weighted by Gasteiger charge is -2.12. The zero-order valence-corrected chi connectivity index (χ0v) is 76.9. The number of nitrogens with zero attached hydrogens (tertiary/aromatic N) is 10. The van der Waals surface area contributed by atoms with Crippen molar-refractivity contribution in [1.82, 2.24) is 49.8 Å². The zero-order valence-electron chi connectivity index (χ0n) is 73.6. The molecule has 27 aromatic rings. The molecule has 0 unspecified atom stereocenters. The molecule has 0 aliphatic carbocycles. The number of rotatable bonds is 15. The van der Waals surface area contributed by atoms with E-state index in [0.29, 0.717) is 29.1 Å². The van der Waals surface area contributed by atoms with Crippen LogP contribution < -0.4 is 0 Å². The van der Waals surface area contributed by atoms with Crippen LogP contribution in [-0.4, -0.2) is 49.8 Å². The van der Waals surface area contributed by atoms with Crippen LogP contribution in [-0.2, 0) is 0 Å². The Morgan fingerprint density at radius 3 is 0.936 bits per heavy atom.